The number of methoxy groups -OCH3 is 1. The van der Waals surface area contributed by atoms with Crippen molar-refractivity contribution in [2.75, 3.05) is 7.11 Å². The summed E-state index contributed by atoms with van der Waals surface area (Å²) in [6.45, 7) is 1.63. The van der Waals surface area contributed by atoms with Crippen molar-refractivity contribution in [1.29, 1.82) is 0 Å². The highest BCUT2D eigenvalue weighted by Crippen LogP contribution is 2.20. The van der Waals surface area contributed by atoms with Crippen LogP contribution in [0, 0.1) is 6.92 Å². The Balaban J connectivity index is 1.43. The van der Waals surface area contributed by atoms with Crippen LogP contribution in [-0.4, -0.2) is 38.0 Å². The Morgan fingerprint density at radius 1 is 1.17 bits per heavy atom. The standard InChI is InChI=1S/C20H17N5O4/c1-13-16(11-22-25(13)17-5-3-4-10-21-17)20(26)28-12-18-23-19(24-29-18)14-6-8-15(27-2)9-7-14/h3-11H,12H2,1-2H3. The summed E-state index contributed by atoms with van der Waals surface area (Å²) in [5.74, 6) is 1.41. The number of hydrogen-bond acceptors (Lipinski definition) is 8. The Morgan fingerprint density at radius 2 is 2.00 bits per heavy atom. The molecule has 0 aliphatic rings. The lowest BCUT2D eigenvalue weighted by atomic mass is 10.2. The molecule has 4 rings (SSSR count). The number of hydrogen-bond donors (Lipinski definition) is 0. The summed E-state index contributed by atoms with van der Waals surface area (Å²) in [5, 5.41) is 8.12. The molecular weight excluding hydrogens is 374 g/mol. The van der Waals surface area contributed by atoms with E-state index in [1.807, 2.05) is 24.3 Å². The molecule has 3 heterocycles. The smallest absolute Gasteiger partial charge is 0.342 e. The molecule has 0 saturated carbocycles. The number of carbonyl (C=O) groups is 1. The lowest BCUT2D eigenvalue weighted by molar-refractivity contribution is 0.0429. The van der Waals surface area contributed by atoms with E-state index in [2.05, 4.69) is 20.2 Å². The van der Waals surface area contributed by atoms with Crippen molar-refractivity contribution in [2.45, 2.75) is 13.5 Å². The largest absolute Gasteiger partial charge is 0.497 e. The van der Waals surface area contributed by atoms with Gasteiger partial charge < -0.3 is 14.0 Å². The lowest BCUT2D eigenvalue weighted by Gasteiger charge is -2.04. The van der Waals surface area contributed by atoms with E-state index in [1.54, 1.807) is 43.1 Å². The molecular formula is C20H17N5O4. The molecule has 3 aromatic heterocycles. The number of aromatic nitrogens is 5. The summed E-state index contributed by atoms with van der Waals surface area (Å²) in [6.07, 6.45) is 3.10. The third kappa shape index (κ3) is 3.84. The van der Waals surface area contributed by atoms with Gasteiger partial charge in [-0.3, -0.25) is 0 Å². The number of nitrogens with zero attached hydrogens (tertiary/aromatic N) is 5. The Hall–Kier alpha value is -4.01. The van der Waals surface area contributed by atoms with Gasteiger partial charge in [0.25, 0.3) is 5.89 Å². The third-order valence-electron chi connectivity index (χ3n) is 4.24. The van der Waals surface area contributed by atoms with E-state index in [0.29, 0.717) is 22.9 Å². The first-order chi connectivity index (χ1) is 14.2. The maximum Gasteiger partial charge on any atom is 0.342 e. The Labute approximate surface area is 165 Å². The van der Waals surface area contributed by atoms with Crippen LogP contribution in [-0.2, 0) is 11.3 Å². The third-order valence-corrected chi connectivity index (χ3v) is 4.24. The highest BCUT2D eigenvalue weighted by molar-refractivity contribution is 5.90. The first-order valence-electron chi connectivity index (χ1n) is 8.76. The number of carbonyl (C=O) groups excluding carboxylic acids is 1. The van der Waals surface area contributed by atoms with Crippen molar-refractivity contribution >= 4 is 5.97 Å². The van der Waals surface area contributed by atoms with E-state index in [9.17, 15) is 4.79 Å². The molecule has 0 atom stereocenters. The first-order valence-corrected chi connectivity index (χ1v) is 8.76. The van der Waals surface area contributed by atoms with Crippen LogP contribution in [0.4, 0.5) is 0 Å². The summed E-state index contributed by atoms with van der Waals surface area (Å²) in [6, 6.07) is 12.7. The summed E-state index contributed by atoms with van der Waals surface area (Å²) < 4.78 is 17.2. The zero-order valence-electron chi connectivity index (χ0n) is 15.8. The molecule has 0 fully saturated rings. The topological polar surface area (TPSA) is 105 Å². The van der Waals surface area contributed by atoms with E-state index < -0.39 is 5.97 Å². The van der Waals surface area contributed by atoms with Gasteiger partial charge in [0.15, 0.2) is 12.4 Å². The van der Waals surface area contributed by atoms with Gasteiger partial charge in [0, 0.05) is 11.8 Å². The summed E-state index contributed by atoms with van der Waals surface area (Å²) >= 11 is 0. The fourth-order valence-electron chi connectivity index (χ4n) is 2.70. The summed E-state index contributed by atoms with van der Waals surface area (Å²) in [5.41, 5.74) is 1.73. The van der Waals surface area contributed by atoms with Crippen molar-refractivity contribution in [1.82, 2.24) is 24.9 Å². The quantitative estimate of drug-likeness (QED) is 0.462. The van der Waals surface area contributed by atoms with Crippen molar-refractivity contribution in [3.63, 3.8) is 0 Å². The number of ether oxygens (including phenoxy) is 2. The molecule has 29 heavy (non-hydrogen) atoms. The Kier molecular flexibility index (Phi) is 5.02. The minimum atomic E-state index is -0.533. The van der Waals surface area contributed by atoms with Crippen LogP contribution in [0.1, 0.15) is 21.9 Å². The second-order valence-corrected chi connectivity index (χ2v) is 6.06. The highest BCUT2D eigenvalue weighted by Gasteiger charge is 2.18. The maximum absolute atomic E-state index is 12.4. The molecule has 146 valence electrons. The minimum Gasteiger partial charge on any atom is -0.497 e. The van der Waals surface area contributed by atoms with Crippen LogP contribution >= 0.6 is 0 Å². The van der Waals surface area contributed by atoms with E-state index in [-0.39, 0.29) is 12.5 Å². The van der Waals surface area contributed by atoms with Gasteiger partial charge >= 0.3 is 5.97 Å². The van der Waals surface area contributed by atoms with Crippen LogP contribution in [0.5, 0.6) is 5.75 Å². The van der Waals surface area contributed by atoms with Crippen molar-refractivity contribution in [3.05, 3.63) is 72.0 Å². The van der Waals surface area contributed by atoms with E-state index >= 15 is 0 Å². The van der Waals surface area contributed by atoms with Crippen LogP contribution in [0.25, 0.3) is 17.2 Å². The molecule has 0 amide bonds. The zero-order valence-corrected chi connectivity index (χ0v) is 15.8. The van der Waals surface area contributed by atoms with Gasteiger partial charge in [0.1, 0.15) is 11.3 Å². The van der Waals surface area contributed by atoms with Gasteiger partial charge in [-0.15, -0.1) is 0 Å². The molecule has 0 spiro atoms. The number of esters is 1. The second kappa shape index (κ2) is 7.93. The molecule has 0 radical (unpaired) electrons. The minimum absolute atomic E-state index is 0.143. The van der Waals surface area contributed by atoms with Gasteiger partial charge in [-0.25, -0.2) is 14.5 Å². The van der Waals surface area contributed by atoms with Crippen molar-refractivity contribution in [3.8, 4) is 23.0 Å². The summed E-state index contributed by atoms with van der Waals surface area (Å²) in [4.78, 5) is 20.9. The molecule has 4 aromatic rings. The van der Waals surface area contributed by atoms with E-state index in [0.717, 1.165) is 11.3 Å². The van der Waals surface area contributed by atoms with Gasteiger partial charge in [-0.1, -0.05) is 11.2 Å². The molecule has 0 aliphatic carbocycles. The SMILES string of the molecule is COc1ccc(-c2noc(COC(=O)c3cnn(-c4ccccn4)c3C)n2)cc1. The number of rotatable bonds is 6. The van der Waals surface area contributed by atoms with Crippen LogP contribution in [0.3, 0.4) is 0 Å². The molecule has 0 saturated heterocycles. The zero-order chi connectivity index (χ0) is 20.2. The normalized spacial score (nSPS) is 10.7. The molecule has 0 N–H and O–H groups in total. The highest BCUT2D eigenvalue weighted by atomic mass is 16.6. The Bertz CT molecular complexity index is 1120. The summed E-state index contributed by atoms with van der Waals surface area (Å²) in [7, 11) is 1.59. The fraction of sp³-hybridized carbons (Fsp3) is 0.150. The fourth-order valence-corrected chi connectivity index (χ4v) is 2.70. The van der Waals surface area contributed by atoms with Gasteiger partial charge in [0.05, 0.1) is 19.0 Å². The molecule has 9 nitrogen and oxygen atoms in total. The second-order valence-electron chi connectivity index (χ2n) is 6.06. The van der Waals surface area contributed by atoms with E-state index in [4.69, 9.17) is 14.0 Å². The Morgan fingerprint density at radius 3 is 2.72 bits per heavy atom. The van der Waals surface area contributed by atoms with Gasteiger partial charge in [0.2, 0.25) is 5.82 Å². The monoisotopic (exact) mass is 391 g/mol. The van der Waals surface area contributed by atoms with Crippen molar-refractivity contribution < 1.29 is 18.8 Å². The molecule has 0 unspecified atom stereocenters. The average molecular weight is 391 g/mol. The van der Waals surface area contributed by atoms with Crippen molar-refractivity contribution in [2.24, 2.45) is 0 Å². The van der Waals surface area contributed by atoms with Crippen LogP contribution < -0.4 is 4.74 Å². The molecule has 0 aliphatic heterocycles. The lowest BCUT2D eigenvalue weighted by Crippen LogP contribution is -2.08. The molecule has 9 heteroatoms. The van der Waals surface area contributed by atoms with Gasteiger partial charge in [-0.05, 0) is 43.3 Å². The van der Waals surface area contributed by atoms with E-state index in [1.165, 1.54) is 6.20 Å². The molecule has 0 bridgehead atoms. The predicted molar refractivity (Wildman–Crippen MR) is 102 cm³/mol. The number of pyridine rings is 1. The maximum atomic E-state index is 12.4. The average Bonchev–Trinajstić information content (AvgIpc) is 3.39. The van der Waals surface area contributed by atoms with Gasteiger partial charge in [-0.2, -0.15) is 10.1 Å². The van der Waals surface area contributed by atoms with Crippen LogP contribution in [0.15, 0.2) is 59.4 Å². The first kappa shape index (κ1) is 18.4. The predicted octanol–water partition coefficient (Wildman–Crippen LogP) is 2.99. The number of benzene rings is 1. The molecule has 1 aromatic carbocycles. The van der Waals surface area contributed by atoms with Crippen LogP contribution in [0.2, 0.25) is 0 Å².